The van der Waals surface area contributed by atoms with Gasteiger partial charge in [-0.15, -0.1) is 0 Å². The fourth-order valence-corrected chi connectivity index (χ4v) is 3.13. The van der Waals surface area contributed by atoms with Crippen LogP contribution in [0.3, 0.4) is 0 Å². The number of aromatic nitrogens is 1. The highest BCUT2D eigenvalue weighted by Gasteiger charge is 2.13. The lowest BCUT2D eigenvalue weighted by Crippen LogP contribution is -2.32. The van der Waals surface area contributed by atoms with E-state index in [0.29, 0.717) is 19.6 Å². The van der Waals surface area contributed by atoms with Gasteiger partial charge in [0.1, 0.15) is 0 Å². The van der Waals surface area contributed by atoms with Crippen LogP contribution in [-0.4, -0.2) is 38.6 Å². The SMILES string of the molecule is CCc1cc(CN(C)CCNS(=O)(=O)c2ccc(C)cc2)on1. The van der Waals surface area contributed by atoms with Gasteiger partial charge in [-0.05, 0) is 32.5 Å². The van der Waals surface area contributed by atoms with E-state index < -0.39 is 10.0 Å². The van der Waals surface area contributed by atoms with Gasteiger partial charge in [-0.1, -0.05) is 29.8 Å². The highest BCUT2D eigenvalue weighted by molar-refractivity contribution is 7.89. The Morgan fingerprint density at radius 1 is 1.26 bits per heavy atom. The maximum atomic E-state index is 12.2. The minimum atomic E-state index is -3.46. The predicted octanol–water partition coefficient (Wildman–Crippen LogP) is 1.96. The molecule has 0 unspecified atom stereocenters. The Morgan fingerprint density at radius 3 is 2.57 bits per heavy atom. The van der Waals surface area contributed by atoms with Crippen LogP contribution in [0.15, 0.2) is 39.8 Å². The van der Waals surface area contributed by atoms with Crippen molar-refractivity contribution in [2.45, 2.75) is 31.7 Å². The first-order valence-electron chi connectivity index (χ1n) is 7.60. The molecule has 1 heterocycles. The fourth-order valence-electron chi connectivity index (χ4n) is 2.11. The van der Waals surface area contributed by atoms with Crippen LogP contribution in [0.1, 0.15) is 23.9 Å². The van der Waals surface area contributed by atoms with Gasteiger partial charge in [0.2, 0.25) is 10.0 Å². The zero-order valence-electron chi connectivity index (χ0n) is 13.7. The molecule has 2 aromatic rings. The second kappa shape index (κ2) is 7.72. The fraction of sp³-hybridized carbons (Fsp3) is 0.438. The summed E-state index contributed by atoms with van der Waals surface area (Å²) in [6.07, 6.45) is 0.837. The van der Waals surface area contributed by atoms with Gasteiger partial charge in [0.05, 0.1) is 17.1 Å². The second-order valence-electron chi connectivity index (χ2n) is 5.59. The Hall–Kier alpha value is -1.70. The van der Waals surface area contributed by atoms with Crippen molar-refractivity contribution in [2.75, 3.05) is 20.1 Å². The van der Waals surface area contributed by atoms with Crippen molar-refractivity contribution in [1.82, 2.24) is 14.8 Å². The summed E-state index contributed by atoms with van der Waals surface area (Å²) in [5.41, 5.74) is 1.95. The molecule has 126 valence electrons. The van der Waals surface area contributed by atoms with Crippen LogP contribution < -0.4 is 4.72 Å². The third-order valence-corrected chi connectivity index (χ3v) is 4.99. The summed E-state index contributed by atoms with van der Waals surface area (Å²) in [5, 5.41) is 3.94. The maximum absolute atomic E-state index is 12.2. The van der Waals surface area contributed by atoms with Crippen LogP contribution in [0.4, 0.5) is 0 Å². The zero-order valence-corrected chi connectivity index (χ0v) is 14.6. The molecular weight excluding hydrogens is 314 g/mol. The van der Waals surface area contributed by atoms with Gasteiger partial charge < -0.3 is 4.52 Å². The number of benzene rings is 1. The monoisotopic (exact) mass is 337 g/mol. The normalized spacial score (nSPS) is 12.0. The van der Waals surface area contributed by atoms with Crippen molar-refractivity contribution in [1.29, 1.82) is 0 Å². The Balaban J connectivity index is 1.82. The van der Waals surface area contributed by atoms with Crippen molar-refractivity contribution in [3.05, 3.63) is 47.3 Å². The summed E-state index contributed by atoms with van der Waals surface area (Å²) >= 11 is 0. The number of aryl methyl sites for hydroxylation is 2. The lowest BCUT2D eigenvalue weighted by molar-refractivity contribution is 0.275. The number of hydrogen-bond donors (Lipinski definition) is 1. The first kappa shape index (κ1) is 17.7. The minimum absolute atomic E-state index is 0.286. The summed E-state index contributed by atoms with van der Waals surface area (Å²) in [4.78, 5) is 2.27. The molecule has 1 aromatic heterocycles. The molecule has 0 aliphatic rings. The summed E-state index contributed by atoms with van der Waals surface area (Å²) in [5.74, 6) is 0.783. The zero-order chi connectivity index (χ0) is 16.9. The van der Waals surface area contributed by atoms with Crippen LogP contribution in [0.25, 0.3) is 0 Å². The average Bonchev–Trinajstić information content (AvgIpc) is 2.95. The van der Waals surface area contributed by atoms with Gasteiger partial charge in [-0.25, -0.2) is 13.1 Å². The number of likely N-dealkylation sites (N-methyl/N-ethyl adjacent to an activating group) is 1. The summed E-state index contributed by atoms with van der Waals surface area (Å²) in [7, 11) is -1.55. The van der Waals surface area contributed by atoms with Gasteiger partial charge >= 0.3 is 0 Å². The van der Waals surface area contributed by atoms with E-state index in [1.807, 2.05) is 31.9 Å². The van der Waals surface area contributed by atoms with Crippen molar-refractivity contribution in [3.63, 3.8) is 0 Å². The molecule has 0 aliphatic heterocycles. The molecule has 1 aromatic carbocycles. The third-order valence-electron chi connectivity index (χ3n) is 3.51. The summed E-state index contributed by atoms with van der Waals surface area (Å²) < 4.78 is 32.2. The van der Waals surface area contributed by atoms with E-state index >= 15 is 0 Å². The molecule has 1 N–H and O–H groups in total. The predicted molar refractivity (Wildman–Crippen MR) is 88.6 cm³/mol. The topological polar surface area (TPSA) is 75.4 Å². The van der Waals surface area contributed by atoms with E-state index in [4.69, 9.17) is 4.52 Å². The lowest BCUT2D eigenvalue weighted by Gasteiger charge is -2.15. The van der Waals surface area contributed by atoms with Crippen LogP contribution in [0.5, 0.6) is 0 Å². The lowest BCUT2D eigenvalue weighted by atomic mass is 10.2. The Kier molecular flexibility index (Phi) is 5.92. The molecule has 0 fully saturated rings. The standard InChI is InChI=1S/C16H23N3O3S/c1-4-14-11-15(22-18-14)12-19(3)10-9-17-23(20,21)16-7-5-13(2)6-8-16/h5-8,11,17H,4,9-10,12H2,1-3H3. The molecule has 0 radical (unpaired) electrons. The maximum Gasteiger partial charge on any atom is 0.240 e. The number of sulfonamides is 1. The van der Waals surface area contributed by atoms with Gasteiger partial charge in [-0.2, -0.15) is 0 Å². The number of nitrogens with zero attached hydrogens (tertiary/aromatic N) is 2. The van der Waals surface area contributed by atoms with Crippen molar-refractivity contribution in [2.24, 2.45) is 0 Å². The molecule has 2 rings (SSSR count). The molecular formula is C16H23N3O3S. The molecule has 7 heteroatoms. The molecule has 0 amide bonds. The van der Waals surface area contributed by atoms with Gasteiger partial charge in [-0.3, -0.25) is 4.90 Å². The summed E-state index contributed by atoms with van der Waals surface area (Å²) in [6.45, 7) is 5.45. The molecule has 0 bridgehead atoms. The van der Waals surface area contributed by atoms with Crippen molar-refractivity contribution >= 4 is 10.0 Å². The first-order chi connectivity index (χ1) is 10.9. The van der Waals surface area contributed by atoms with Crippen LogP contribution in [0.2, 0.25) is 0 Å². The largest absolute Gasteiger partial charge is 0.360 e. The van der Waals surface area contributed by atoms with Gasteiger partial charge in [0.25, 0.3) is 0 Å². The Bertz CT molecular complexity index is 723. The van der Waals surface area contributed by atoms with Gasteiger partial charge in [0, 0.05) is 19.2 Å². The van der Waals surface area contributed by atoms with E-state index in [9.17, 15) is 8.42 Å². The molecule has 0 aliphatic carbocycles. The Morgan fingerprint density at radius 2 is 1.96 bits per heavy atom. The number of nitrogens with one attached hydrogen (secondary N) is 1. The average molecular weight is 337 g/mol. The van der Waals surface area contributed by atoms with E-state index in [1.165, 1.54) is 0 Å². The molecule has 6 nitrogen and oxygen atoms in total. The van der Waals surface area contributed by atoms with E-state index in [1.54, 1.807) is 24.3 Å². The second-order valence-corrected chi connectivity index (χ2v) is 7.35. The highest BCUT2D eigenvalue weighted by atomic mass is 32.2. The first-order valence-corrected chi connectivity index (χ1v) is 9.08. The Labute approximate surface area is 137 Å². The highest BCUT2D eigenvalue weighted by Crippen LogP contribution is 2.10. The van der Waals surface area contributed by atoms with E-state index in [0.717, 1.165) is 23.4 Å². The summed E-state index contributed by atoms with van der Waals surface area (Å²) in [6, 6.07) is 8.73. The van der Waals surface area contributed by atoms with Gasteiger partial charge in [0.15, 0.2) is 5.76 Å². The van der Waals surface area contributed by atoms with Crippen LogP contribution >= 0.6 is 0 Å². The van der Waals surface area contributed by atoms with E-state index in [-0.39, 0.29) is 4.90 Å². The van der Waals surface area contributed by atoms with Crippen molar-refractivity contribution < 1.29 is 12.9 Å². The number of hydrogen-bond acceptors (Lipinski definition) is 5. The van der Waals surface area contributed by atoms with Crippen molar-refractivity contribution in [3.8, 4) is 0 Å². The molecule has 0 saturated carbocycles. The smallest absolute Gasteiger partial charge is 0.240 e. The minimum Gasteiger partial charge on any atom is -0.360 e. The molecule has 23 heavy (non-hydrogen) atoms. The molecule has 0 spiro atoms. The molecule has 0 saturated heterocycles. The molecule has 0 atom stereocenters. The van der Waals surface area contributed by atoms with Crippen LogP contribution in [0, 0.1) is 6.92 Å². The third kappa shape index (κ3) is 5.16. The number of rotatable bonds is 8. The van der Waals surface area contributed by atoms with E-state index in [2.05, 4.69) is 9.88 Å². The quantitative estimate of drug-likeness (QED) is 0.797. The van der Waals surface area contributed by atoms with Crippen LogP contribution in [-0.2, 0) is 23.0 Å².